The number of fused-ring (bicyclic) bond motifs is 3. The molecule has 1 aromatic rings. The van der Waals surface area contributed by atoms with Gasteiger partial charge in [-0.2, -0.15) is 5.10 Å². The van der Waals surface area contributed by atoms with E-state index in [4.69, 9.17) is 11.6 Å². The van der Waals surface area contributed by atoms with Crippen molar-refractivity contribution in [3.8, 4) is 0 Å². The minimum atomic E-state index is -0.202. The van der Waals surface area contributed by atoms with Gasteiger partial charge in [0.2, 0.25) is 5.84 Å². The molecule has 0 amide bonds. The van der Waals surface area contributed by atoms with Crippen molar-refractivity contribution in [1.82, 2.24) is 5.01 Å². The highest BCUT2D eigenvalue weighted by Crippen LogP contribution is 2.33. The number of amidine groups is 1. The van der Waals surface area contributed by atoms with Crippen molar-refractivity contribution in [2.45, 2.75) is 19.3 Å². The molecule has 1 N–H and O–H groups in total. The fourth-order valence-electron chi connectivity index (χ4n) is 3.09. The average Bonchev–Trinajstić information content (AvgIpc) is 2.49. The van der Waals surface area contributed by atoms with E-state index >= 15 is 0 Å². The van der Waals surface area contributed by atoms with Crippen molar-refractivity contribution >= 4 is 40.3 Å². The number of hydrogen-bond acceptors (Lipinski definition) is 5. The summed E-state index contributed by atoms with van der Waals surface area (Å²) < 4.78 is 0. The van der Waals surface area contributed by atoms with E-state index in [1.165, 1.54) is 0 Å². The summed E-state index contributed by atoms with van der Waals surface area (Å²) >= 11 is 5.99. The van der Waals surface area contributed by atoms with Crippen LogP contribution in [0.15, 0.2) is 39.6 Å². The first-order chi connectivity index (χ1) is 10.6. The van der Waals surface area contributed by atoms with Gasteiger partial charge in [-0.15, -0.1) is 0 Å². The third-order valence-electron chi connectivity index (χ3n) is 4.09. The van der Waals surface area contributed by atoms with Crippen LogP contribution in [0.2, 0.25) is 5.02 Å². The number of rotatable bonds is 0. The van der Waals surface area contributed by atoms with E-state index in [-0.39, 0.29) is 10.8 Å². The van der Waals surface area contributed by atoms with Gasteiger partial charge in [0.15, 0.2) is 17.2 Å². The lowest BCUT2D eigenvalue weighted by molar-refractivity contribution is -0.725. The molecule has 1 unspecified atom stereocenters. The molecule has 2 heterocycles. The number of hydrogen-bond donors (Lipinski definition) is 1. The largest absolute Gasteiger partial charge is 0.623 e. The summed E-state index contributed by atoms with van der Waals surface area (Å²) in [6, 6.07) is 5.00. The smallest absolute Gasteiger partial charge is 0.213 e. The number of hydrazone groups is 1. The highest BCUT2D eigenvalue weighted by molar-refractivity contribution is 6.31. The van der Waals surface area contributed by atoms with Crippen molar-refractivity contribution in [1.29, 1.82) is 0 Å². The summed E-state index contributed by atoms with van der Waals surface area (Å²) in [6.07, 6.45) is 1.92. The Bertz CT molecular complexity index is 797. The van der Waals surface area contributed by atoms with Gasteiger partial charge >= 0.3 is 0 Å². The molecule has 22 heavy (non-hydrogen) atoms. The van der Waals surface area contributed by atoms with Crippen LogP contribution < -0.4 is 5.06 Å². The number of likely N-dealkylation sites (N-methyl/N-ethyl adjacent to an activating group) is 1. The number of ketones is 1. The highest BCUT2D eigenvalue weighted by Gasteiger charge is 2.40. The van der Waals surface area contributed by atoms with Crippen LogP contribution in [0.4, 0.5) is 11.4 Å². The molecule has 112 valence electrons. The number of Topliss-reactive ketones (excluding diaryl/α,β-unsaturated/α-hetero) is 1. The van der Waals surface area contributed by atoms with E-state index in [1.807, 2.05) is 0 Å². The fourth-order valence-corrected chi connectivity index (χ4v) is 3.26. The van der Waals surface area contributed by atoms with Crippen molar-refractivity contribution < 1.29 is 9.86 Å². The summed E-state index contributed by atoms with van der Waals surface area (Å²) in [4.78, 5) is 16.8. The number of aliphatic imine (C=N–C) groups is 1. The van der Waals surface area contributed by atoms with Crippen LogP contribution in [0.5, 0.6) is 0 Å². The summed E-state index contributed by atoms with van der Waals surface area (Å²) in [5.41, 5.74) is 2.49. The monoisotopic (exact) mass is 316 g/mol. The normalized spacial score (nSPS) is 23.5. The minimum absolute atomic E-state index is 0.0281. The predicted octanol–water partition coefficient (Wildman–Crippen LogP) is 1.71. The van der Waals surface area contributed by atoms with Crippen molar-refractivity contribution in [3.05, 3.63) is 39.7 Å². The lowest BCUT2D eigenvalue weighted by atomic mass is 9.88. The summed E-state index contributed by atoms with van der Waals surface area (Å²) in [5.74, 6) is 0.411. The molecule has 7 heteroatoms. The van der Waals surface area contributed by atoms with E-state index in [1.54, 1.807) is 30.3 Å². The average molecular weight is 317 g/mol. The summed E-state index contributed by atoms with van der Waals surface area (Å²) in [6.45, 7) is 0. The topological polar surface area (TPSA) is 72.5 Å². The van der Waals surface area contributed by atoms with Gasteiger partial charge in [0, 0.05) is 24.6 Å². The number of nitrogens with one attached hydrogen (secondary N) is 1. The van der Waals surface area contributed by atoms with Crippen molar-refractivity contribution in [2.75, 3.05) is 7.05 Å². The van der Waals surface area contributed by atoms with E-state index in [0.29, 0.717) is 52.1 Å². The molecule has 0 spiro atoms. The van der Waals surface area contributed by atoms with Crippen LogP contribution in [0.1, 0.15) is 19.3 Å². The van der Waals surface area contributed by atoms with Crippen LogP contribution in [0.25, 0.3) is 0 Å². The number of nitrogens with zero attached hydrogens (tertiary/aromatic N) is 3. The van der Waals surface area contributed by atoms with Gasteiger partial charge in [0.05, 0.1) is 5.71 Å². The van der Waals surface area contributed by atoms with Crippen molar-refractivity contribution in [3.63, 3.8) is 0 Å². The lowest BCUT2D eigenvalue weighted by Crippen LogP contribution is -3.02. The number of allylic oxidation sites excluding steroid dienone is 1. The van der Waals surface area contributed by atoms with E-state index in [2.05, 4.69) is 10.1 Å². The summed E-state index contributed by atoms with van der Waals surface area (Å²) in [7, 11) is 1.75. The molecule has 0 aromatic heterocycles. The second-order valence-electron chi connectivity index (χ2n) is 5.52. The van der Waals surface area contributed by atoms with Crippen LogP contribution in [0.3, 0.4) is 0 Å². The molecule has 1 aromatic carbocycles. The molecule has 1 atom stereocenters. The molecule has 1 saturated carbocycles. The number of halogens is 1. The molecule has 0 saturated heterocycles. The fraction of sp³-hybridized carbons (Fsp3) is 0.267. The first kappa shape index (κ1) is 13.6. The molecule has 0 radical (unpaired) electrons. The Labute approximate surface area is 132 Å². The SMILES string of the molecule is CN1N=C2CCCC(=O)C2=C2C1=Nc1ccc(Cl)cc1[NH+]2[O-]. The van der Waals surface area contributed by atoms with Gasteiger partial charge in [-0.3, -0.25) is 4.79 Å². The maximum atomic E-state index is 12.9. The van der Waals surface area contributed by atoms with Crippen molar-refractivity contribution in [2.24, 2.45) is 10.1 Å². The standard InChI is InChI=1S/C15H13ClN4O2/c1-19-15-14(13-10(18-19)3-2-4-12(13)21)20(22)11-7-8(16)5-6-9(11)17-15/h5-7,20H,2-4H2,1H3. The second kappa shape index (κ2) is 4.74. The molecular formula is C15H13ClN4O2. The van der Waals surface area contributed by atoms with Gasteiger partial charge in [0.25, 0.3) is 0 Å². The van der Waals surface area contributed by atoms with Crippen LogP contribution in [-0.4, -0.2) is 29.4 Å². The maximum absolute atomic E-state index is 12.9. The lowest BCUT2D eigenvalue weighted by Gasteiger charge is -2.36. The third-order valence-corrected chi connectivity index (χ3v) is 4.33. The molecular weight excluding hydrogens is 304 g/mol. The first-order valence-electron chi connectivity index (χ1n) is 7.08. The molecule has 0 bridgehead atoms. The minimum Gasteiger partial charge on any atom is -0.623 e. The zero-order valence-corrected chi connectivity index (χ0v) is 12.6. The zero-order chi connectivity index (χ0) is 15.4. The number of carbonyl (C=O) groups is 1. The van der Waals surface area contributed by atoms with Gasteiger partial charge < -0.3 is 10.3 Å². The Kier molecular flexibility index (Phi) is 2.94. The van der Waals surface area contributed by atoms with Crippen LogP contribution in [0, 0.1) is 5.21 Å². The van der Waals surface area contributed by atoms with E-state index < -0.39 is 0 Å². The Morgan fingerprint density at radius 2 is 2.18 bits per heavy atom. The molecule has 3 aliphatic rings. The molecule has 1 fully saturated rings. The van der Waals surface area contributed by atoms with Gasteiger partial charge in [0.1, 0.15) is 11.3 Å². The zero-order valence-electron chi connectivity index (χ0n) is 11.9. The van der Waals surface area contributed by atoms with Gasteiger partial charge in [-0.05, 0) is 25.0 Å². The first-order valence-corrected chi connectivity index (χ1v) is 7.46. The number of carbonyl (C=O) groups excluding carboxylic acids is 1. The Balaban J connectivity index is 1.99. The Hall–Kier alpha value is -2.02. The number of quaternary nitrogens is 1. The molecule has 2 aliphatic heterocycles. The maximum Gasteiger partial charge on any atom is 0.213 e. The van der Waals surface area contributed by atoms with Crippen LogP contribution in [-0.2, 0) is 4.79 Å². The molecule has 4 rings (SSSR count). The summed E-state index contributed by atoms with van der Waals surface area (Å²) in [5, 5.41) is 19.2. The van der Waals surface area contributed by atoms with Crippen LogP contribution >= 0.6 is 11.6 Å². The predicted molar refractivity (Wildman–Crippen MR) is 83.6 cm³/mol. The second-order valence-corrected chi connectivity index (χ2v) is 5.96. The highest BCUT2D eigenvalue weighted by atomic mass is 35.5. The molecule has 6 nitrogen and oxygen atoms in total. The Morgan fingerprint density at radius 3 is 3.00 bits per heavy atom. The van der Waals surface area contributed by atoms with Gasteiger partial charge in [-0.1, -0.05) is 11.6 Å². The number of hydroxylamine groups is 1. The quantitative estimate of drug-likeness (QED) is 0.741. The van der Waals surface area contributed by atoms with E-state index in [0.717, 1.165) is 6.42 Å². The molecule has 1 aliphatic carbocycles. The number of benzene rings is 1. The Morgan fingerprint density at radius 1 is 1.36 bits per heavy atom. The van der Waals surface area contributed by atoms with Gasteiger partial charge in [-0.25, -0.2) is 10.0 Å². The van der Waals surface area contributed by atoms with E-state index in [9.17, 15) is 10.0 Å². The third kappa shape index (κ3) is 1.85.